The van der Waals surface area contributed by atoms with Gasteiger partial charge >= 0.3 is 0 Å². The molecule has 7 heteroatoms. The lowest BCUT2D eigenvalue weighted by molar-refractivity contribution is 0.364. The van der Waals surface area contributed by atoms with Gasteiger partial charge in [0.2, 0.25) is 10.0 Å². The van der Waals surface area contributed by atoms with E-state index in [0.717, 1.165) is 32.2 Å². The van der Waals surface area contributed by atoms with Crippen molar-refractivity contribution in [3.05, 3.63) is 11.9 Å². The second kappa shape index (κ2) is 6.69. The summed E-state index contributed by atoms with van der Waals surface area (Å²) in [6.45, 7) is 5.92. The van der Waals surface area contributed by atoms with Crippen LogP contribution in [-0.4, -0.2) is 48.6 Å². The molecule has 2 heterocycles. The second-order valence-electron chi connectivity index (χ2n) is 5.37. The number of unbranched alkanes of at least 4 members (excludes halogenated alkanes) is 1. The number of aryl methyl sites for hydroxylation is 1. The second-order valence-corrected chi connectivity index (χ2v) is 7.28. The van der Waals surface area contributed by atoms with E-state index >= 15 is 0 Å². The van der Waals surface area contributed by atoms with Crippen molar-refractivity contribution in [2.45, 2.75) is 50.5 Å². The number of nitrogens with zero attached hydrogens (tertiary/aromatic N) is 2. The van der Waals surface area contributed by atoms with Crippen LogP contribution in [0, 0.1) is 6.92 Å². The molecule has 0 radical (unpaired) electrons. The van der Waals surface area contributed by atoms with Crippen molar-refractivity contribution in [1.82, 2.24) is 19.8 Å². The molecular weight excluding hydrogens is 276 g/mol. The van der Waals surface area contributed by atoms with Crippen LogP contribution >= 0.6 is 0 Å². The minimum Gasteiger partial charge on any atom is -0.313 e. The Morgan fingerprint density at radius 3 is 2.85 bits per heavy atom. The molecule has 1 unspecified atom stereocenters. The monoisotopic (exact) mass is 300 g/mol. The Hall–Kier alpha value is -0.920. The van der Waals surface area contributed by atoms with Crippen LogP contribution in [0.15, 0.2) is 11.1 Å². The third-order valence-electron chi connectivity index (χ3n) is 3.75. The fourth-order valence-corrected chi connectivity index (χ4v) is 4.18. The molecule has 1 fully saturated rings. The van der Waals surface area contributed by atoms with Crippen LogP contribution in [0.2, 0.25) is 0 Å². The molecule has 1 saturated heterocycles. The normalized spacial score (nSPS) is 19.9. The third-order valence-corrected chi connectivity index (χ3v) is 5.73. The highest BCUT2D eigenvalue weighted by molar-refractivity contribution is 7.89. The van der Waals surface area contributed by atoms with E-state index in [4.69, 9.17) is 0 Å². The van der Waals surface area contributed by atoms with Crippen LogP contribution in [0.5, 0.6) is 0 Å². The zero-order valence-corrected chi connectivity index (χ0v) is 13.0. The van der Waals surface area contributed by atoms with Crippen LogP contribution in [0.3, 0.4) is 0 Å². The number of aromatic nitrogens is 2. The van der Waals surface area contributed by atoms with Crippen molar-refractivity contribution in [2.24, 2.45) is 0 Å². The summed E-state index contributed by atoms with van der Waals surface area (Å²) in [7, 11) is -3.45. The quantitative estimate of drug-likeness (QED) is 0.794. The lowest BCUT2D eigenvalue weighted by Gasteiger charge is -2.24. The molecule has 1 aromatic heterocycles. The maximum atomic E-state index is 12.7. The van der Waals surface area contributed by atoms with Gasteiger partial charge in [-0.05, 0) is 32.7 Å². The van der Waals surface area contributed by atoms with Crippen molar-refractivity contribution < 1.29 is 8.42 Å². The highest BCUT2D eigenvalue weighted by Gasteiger charge is 2.29. The minimum absolute atomic E-state index is 0.272. The highest BCUT2D eigenvalue weighted by Crippen LogP contribution is 2.20. The molecule has 20 heavy (non-hydrogen) atoms. The van der Waals surface area contributed by atoms with E-state index in [-0.39, 0.29) is 6.04 Å². The first kappa shape index (κ1) is 15.5. The number of sulfonamides is 1. The summed E-state index contributed by atoms with van der Waals surface area (Å²) in [6, 6.07) is 0.272. The number of nitrogens with one attached hydrogen (secondary N) is 2. The largest absolute Gasteiger partial charge is 0.313 e. The number of hydrogen-bond donors (Lipinski definition) is 2. The van der Waals surface area contributed by atoms with Crippen LogP contribution in [-0.2, 0) is 10.0 Å². The zero-order chi connectivity index (χ0) is 14.6. The van der Waals surface area contributed by atoms with Crippen LogP contribution in [0.25, 0.3) is 0 Å². The molecule has 0 bridgehead atoms. The Morgan fingerprint density at radius 2 is 2.30 bits per heavy atom. The van der Waals surface area contributed by atoms with Crippen molar-refractivity contribution in [1.29, 1.82) is 0 Å². The first-order valence-electron chi connectivity index (χ1n) is 7.29. The average molecular weight is 300 g/mol. The molecule has 1 aliphatic rings. The molecule has 1 aliphatic heterocycles. The summed E-state index contributed by atoms with van der Waals surface area (Å²) in [5.74, 6) is 0. The number of aromatic amines is 1. The van der Waals surface area contributed by atoms with Crippen LogP contribution in [0.1, 0.15) is 38.3 Å². The first-order chi connectivity index (χ1) is 9.55. The summed E-state index contributed by atoms with van der Waals surface area (Å²) >= 11 is 0. The van der Waals surface area contributed by atoms with Crippen LogP contribution < -0.4 is 5.32 Å². The van der Waals surface area contributed by atoms with Gasteiger partial charge in [-0.15, -0.1) is 0 Å². The Labute approximate surface area is 121 Å². The highest BCUT2D eigenvalue weighted by atomic mass is 32.2. The molecule has 2 rings (SSSR count). The molecular formula is C13H24N4O2S. The van der Waals surface area contributed by atoms with Gasteiger partial charge in [0.1, 0.15) is 4.90 Å². The van der Waals surface area contributed by atoms with E-state index in [1.54, 1.807) is 11.2 Å². The first-order valence-corrected chi connectivity index (χ1v) is 8.73. The van der Waals surface area contributed by atoms with E-state index in [2.05, 4.69) is 22.4 Å². The molecule has 0 spiro atoms. The summed E-state index contributed by atoms with van der Waals surface area (Å²) in [5, 5.41) is 9.91. The molecule has 114 valence electrons. The molecule has 2 N–H and O–H groups in total. The van der Waals surface area contributed by atoms with Gasteiger partial charge in [0.15, 0.2) is 0 Å². The minimum atomic E-state index is -3.45. The van der Waals surface area contributed by atoms with Crippen molar-refractivity contribution in [3.8, 4) is 0 Å². The molecule has 0 saturated carbocycles. The third kappa shape index (κ3) is 3.39. The summed E-state index contributed by atoms with van der Waals surface area (Å²) < 4.78 is 27.1. The Morgan fingerprint density at radius 1 is 1.50 bits per heavy atom. The number of hydrogen-bond acceptors (Lipinski definition) is 4. The van der Waals surface area contributed by atoms with Gasteiger partial charge < -0.3 is 5.32 Å². The molecule has 0 aromatic carbocycles. The maximum absolute atomic E-state index is 12.7. The van der Waals surface area contributed by atoms with E-state index in [1.165, 1.54) is 6.20 Å². The molecule has 1 atom stereocenters. The number of rotatable bonds is 7. The maximum Gasteiger partial charge on any atom is 0.246 e. The van der Waals surface area contributed by atoms with Gasteiger partial charge in [0, 0.05) is 19.1 Å². The van der Waals surface area contributed by atoms with Gasteiger partial charge in [0.25, 0.3) is 0 Å². The Balaban J connectivity index is 2.18. The van der Waals surface area contributed by atoms with Gasteiger partial charge in [-0.1, -0.05) is 13.3 Å². The standard InChI is InChI=1S/C13H24N4O2S/c1-3-4-8-17(10-12-6-5-7-14-12)20(18,19)13-9-15-16-11(13)2/h9,12,14H,3-8,10H2,1-2H3,(H,15,16). The van der Waals surface area contributed by atoms with Crippen molar-refractivity contribution in [2.75, 3.05) is 19.6 Å². The zero-order valence-electron chi connectivity index (χ0n) is 12.2. The average Bonchev–Trinajstić information content (AvgIpc) is 3.05. The lowest BCUT2D eigenvalue weighted by Crippen LogP contribution is -2.41. The Kier molecular flexibility index (Phi) is 5.17. The predicted octanol–water partition coefficient (Wildman–Crippen LogP) is 1.26. The predicted molar refractivity (Wildman–Crippen MR) is 78.0 cm³/mol. The Bertz CT molecular complexity index is 520. The summed E-state index contributed by atoms with van der Waals surface area (Å²) in [6.07, 6.45) is 5.43. The van der Waals surface area contributed by atoms with E-state index < -0.39 is 10.0 Å². The van der Waals surface area contributed by atoms with Gasteiger partial charge in [-0.25, -0.2) is 8.42 Å². The van der Waals surface area contributed by atoms with Crippen molar-refractivity contribution >= 4 is 10.0 Å². The molecule has 1 aromatic rings. The van der Waals surface area contributed by atoms with E-state index in [0.29, 0.717) is 23.7 Å². The molecule has 6 nitrogen and oxygen atoms in total. The van der Waals surface area contributed by atoms with E-state index in [1.807, 2.05) is 0 Å². The number of H-pyrrole nitrogens is 1. The van der Waals surface area contributed by atoms with Crippen molar-refractivity contribution in [3.63, 3.8) is 0 Å². The fraction of sp³-hybridized carbons (Fsp3) is 0.769. The van der Waals surface area contributed by atoms with Gasteiger partial charge in [0.05, 0.1) is 11.9 Å². The molecule has 0 amide bonds. The summed E-state index contributed by atoms with van der Waals surface area (Å²) in [5.41, 5.74) is 0.603. The van der Waals surface area contributed by atoms with Gasteiger partial charge in [-0.2, -0.15) is 9.40 Å². The SMILES string of the molecule is CCCCN(CC1CCCN1)S(=O)(=O)c1cn[nH]c1C. The topological polar surface area (TPSA) is 78.1 Å². The van der Waals surface area contributed by atoms with E-state index in [9.17, 15) is 8.42 Å². The fourth-order valence-electron chi connectivity index (χ4n) is 2.54. The summed E-state index contributed by atoms with van der Waals surface area (Å²) in [4.78, 5) is 0.298. The molecule has 0 aliphatic carbocycles. The van der Waals surface area contributed by atoms with Crippen LogP contribution in [0.4, 0.5) is 0 Å². The van der Waals surface area contributed by atoms with Gasteiger partial charge in [-0.3, -0.25) is 5.10 Å². The lowest BCUT2D eigenvalue weighted by atomic mass is 10.2. The smallest absolute Gasteiger partial charge is 0.246 e.